The van der Waals surface area contributed by atoms with Crippen LogP contribution < -0.4 is 10.5 Å². The minimum Gasteiger partial charge on any atom is -0.493 e. The van der Waals surface area contributed by atoms with Crippen LogP contribution in [0.25, 0.3) is 0 Å². The van der Waals surface area contributed by atoms with Gasteiger partial charge in [0.1, 0.15) is 5.75 Å². The molecule has 0 unspecified atom stereocenters. The van der Waals surface area contributed by atoms with Crippen molar-refractivity contribution in [3.63, 3.8) is 0 Å². The summed E-state index contributed by atoms with van der Waals surface area (Å²) in [6.07, 6.45) is 0.910. The van der Waals surface area contributed by atoms with Crippen LogP contribution in [0.3, 0.4) is 0 Å². The van der Waals surface area contributed by atoms with E-state index >= 15 is 0 Å². The number of hydrogen-bond acceptors (Lipinski definition) is 2. The average molecular weight is 255 g/mol. The van der Waals surface area contributed by atoms with Gasteiger partial charge in [0, 0.05) is 18.0 Å². The summed E-state index contributed by atoms with van der Waals surface area (Å²) in [7, 11) is 0. The van der Waals surface area contributed by atoms with Crippen LogP contribution in [0.2, 0.25) is 0 Å². The van der Waals surface area contributed by atoms with Crippen LogP contribution in [0.4, 0.5) is 0 Å². The van der Waals surface area contributed by atoms with Crippen LogP contribution >= 0.6 is 0 Å². The number of aryl methyl sites for hydroxylation is 1. The first-order valence-electron chi connectivity index (χ1n) is 6.69. The maximum Gasteiger partial charge on any atom is 0.124 e. The van der Waals surface area contributed by atoms with Crippen LogP contribution in [-0.2, 0) is 6.42 Å². The summed E-state index contributed by atoms with van der Waals surface area (Å²) in [5.41, 5.74) is 9.52. The lowest BCUT2D eigenvalue weighted by Gasteiger charge is -2.14. The number of rotatable bonds is 5. The van der Waals surface area contributed by atoms with Gasteiger partial charge in [-0.25, -0.2) is 0 Å². The summed E-state index contributed by atoms with van der Waals surface area (Å²) in [6.45, 7) is 4.72. The number of hydrogen-bond donors (Lipinski definition) is 1. The average Bonchev–Trinajstić information content (AvgIpc) is 2.39. The van der Waals surface area contributed by atoms with E-state index in [9.17, 15) is 0 Å². The highest BCUT2D eigenvalue weighted by atomic mass is 16.5. The van der Waals surface area contributed by atoms with Gasteiger partial charge >= 0.3 is 0 Å². The fourth-order valence-electron chi connectivity index (χ4n) is 2.07. The Morgan fingerprint density at radius 2 is 1.84 bits per heavy atom. The molecule has 0 bridgehead atoms. The SMILES string of the molecule is Cc1ccc([C@@H](C)N)c(OCCc2ccccc2)c1. The predicted molar refractivity (Wildman–Crippen MR) is 79.4 cm³/mol. The fourth-order valence-corrected chi connectivity index (χ4v) is 2.07. The monoisotopic (exact) mass is 255 g/mol. The van der Waals surface area contributed by atoms with E-state index in [2.05, 4.69) is 49.4 Å². The molecule has 0 spiro atoms. The van der Waals surface area contributed by atoms with Gasteiger partial charge in [-0.15, -0.1) is 0 Å². The van der Waals surface area contributed by atoms with Gasteiger partial charge in [-0.2, -0.15) is 0 Å². The largest absolute Gasteiger partial charge is 0.493 e. The molecule has 0 aliphatic heterocycles. The standard InChI is InChI=1S/C17H21NO/c1-13-8-9-16(14(2)18)17(12-13)19-11-10-15-6-4-3-5-7-15/h3-9,12,14H,10-11,18H2,1-2H3/t14-/m1/s1. The zero-order chi connectivity index (χ0) is 13.7. The molecule has 2 aromatic carbocycles. The Kier molecular flexibility index (Phi) is 4.58. The molecule has 0 aliphatic rings. The Morgan fingerprint density at radius 3 is 2.53 bits per heavy atom. The topological polar surface area (TPSA) is 35.2 Å². The predicted octanol–water partition coefficient (Wildman–Crippen LogP) is 3.64. The van der Waals surface area contributed by atoms with Crippen molar-refractivity contribution in [3.8, 4) is 5.75 Å². The van der Waals surface area contributed by atoms with Crippen molar-refractivity contribution in [2.45, 2.75) is 26.3 Å². The second kappa shape index (κ2) is 6.39. The number of benzene rings is 2. The molecule has 2 aromatic rings. The molecule has 2 rings (SSSR count). The van der Waals surface area contributed by atoms with Crippen LogP contribution in [0.1, 0.15) is 29.7 Å². The molecule has 0 fully saturated rings. The third-order valence-corrected chi connectivity index (χ3v) is 3.15. The normalized spacial score (nSPS) is 12.2. The molecule has 100 valence electrons. The van der Waals surface area contributed by atoms with Gasteiger partial charge in [0.2, 0.25) is 0 Å². The molecular formula is C17H21NO. The van der Waals surface area contributed by atoms with Gasteiger partial charge in [-0.3, -0.25) is 0 Å². The van der Waals surface area contributed by atoms with Crippen molar-refractivity contribution in [1.82, 2.24) is 0 Å². The van der Waals surface area contributed by atoms with E-state index in [-0.39, 0.29) is 6.04 Å². The lowest BCUT2D eigenvalue weighted by molar-refractivity contribution is 0.317. The van der Waals surface area contributed by atoms with Gasteiger partial charge in [-0.05, 0) is 31.0 Å². The van der Waals surface area contributed by atoms with E-state index < -0.39 is 0 Å². The number of nitrogens with two attached hydrogens (primary N) is 1. The Bertz CT molecular complexity index is 520. The second-order valence-corrected chi connectivity index (χ2v) is 4.91. The quantitative estimate of drug-likeness (QED) is 0.885. The fraction of sp³-hybridized carbons (Fsp3) is 0.294. The van der Waals surface area contributed by atoms with E-state index in [1.54, 1.807) is 0 Å². The van der Waals surface area contributed by atoms with E-state index in [4.69, 9.17) is 10.5 Å². The maximum absolute atomic E-state index is 5.97. The van der Waals surface area contributed by atoms with E-state index in [0.717, 1.165) is 17.7 Å². The third-order valence-electron chi connectivity index (χ3n) is 3.15. The van der Waals surface area contributed by atoms with Gasteiger partial charge in [-0.1, -0.05) is 42.5 Å². The first-order valence-corrected chi connectivity index (χ1v) is 6.69. The summed E-state index contributed by atoms with van der Waals surface area (Å²) in [6, 6.07) is 16.5. The summed E-state index contributed by atoms with van der Waals surface area (Å²) in [5.74, 6) is 0.908. The molecule has 0 aromatic heterocycles. The zero-order valence-corrected chi connectivity index (χ0v) is 11.6. The molecule has 0 radical (unpaired) electrons. The highest BCUT2D eigenvalue weighted by Gasteiger charge is 2.08. The molecule has 2 heteroatoms. The molecule has 0 saturated heterocycles. The third kappa shape index (κ3) is 3.83. The maximum atomic E-state index is 5.97. The molecular weight excluding hydrogens is 234 g/mol. The summed E-state index contributed by atoms with van der Waals surface area (Å²) in [4.78, 5) is 0. The highest BCUT2D eigenvalue weighted by Crippen LogP contribution is 2.25. The minimum absolute atomic E-state index is 0.00711. The molecule has 0 aliphatic carbocycles. The van der Waals surface area contributed by atoms with E-state index in [1.165, 1.54) is 11.1 Å². The van der Waals surface area contributed by atoms with Crippen LogP contribution in [-0.4, -0.2) is 6.61 Å². The molecule has 0 saturated carbocycles. The van der Waals surface area contributed by atoms with Crippen LogP contribution in [0, 0.1) is 6.92 Å². The van der Waals surface area contributed by atoms with E-state index in [0.29, 0.717) is 6.61 Å². The molecule has 0 heterocycles. The second-order valence-electron chi connectivity index (χ2n) is 4.91. The summed E-state index contributed by atoms with van der Waals surface area (Å²) in [5, 5.41) is 0. The minimum atomic E-state index is -0.00711. The van der Waals surface area contributed by atoms with Crippen LogP contribution in [0.5, 0.6) is 5.75 Å². The summed E-state index contributed by atoms with van der Waals surface area (Å²) >= 11 is 0. The Labute approximate surface area is 115 Å². The highest BCUT2D eigenvalue weighted by molar-refractivity contribution is 5.39. The Hall–Kier alpha value is -1.80. The van der Waals surface area contributed by atoms with Crippen molar-refractivity contribution < 1.29 is 4.74 Å². The van der Waals surface area contributed by atoms with Gasteiger partial charge in [0.25, 0.3) is 0 Å². The van der Waals surface area contributed by atoms with E-state index in [1.807, 2.05) is 13.0 Å². The first kappa shape index (κ1) is 13.6. The van der Waals surface area contributed by atoms with Gasteiger partial charge in [0.15, 0.2) is 0 Å². The lowest BCUT2D eigenvalue weighted by Crippen LogP contribution is -2.09. The summed E-state index contributed by atoms with van der Waals surface area (Å²) < 4.78 is 5.90. The molecule has 0 amide bonds. The first-order chi connectivity index (χ1) is 9.16. The van der Waals surface area contributed by atoms with Crippen LogP contribution in [0.15, 0.2) is 48.5 Å². The Balaban J connectivity index is 2.01. The zero-order valence-electron chi connectivity index (χ0n) is 11.6. The smallest absolute Gasteiger partial charge is 0.124 e. The van der Waals surface area contributed by atoms with Crippen molar-refractivity contribution in [3.05, 3.63) is 65.2 Å². The molecule has 2 nitrogen and oxygen atoms in total. The van der Waals surface area contributed by atoms with Crippen molar-refractivity contribution in [1.29, 1.82) is 0 Å². The molecule has 19 heavy (non-hydrogen) atoms. The van der Waals surface area contributed by atoms with Crippen molar-refractivity contribution in [2.24, 2.45) is 5.73 Å². The lowest BCUT2D eigenvalue weighted by atomic mass is 10.1. The van der Waals surface area contributed by atoms with Gasteiger partial charge < -0.3 is 10.5 Å². The van der Waals surface area contributed by atoms with Crippen molar-refractivity contribution >= 4 is 0 Å². The van der Waals surface area contributed by atoms with Gasteiger partial charge in [0.05, 0.1) is 6.61 Å². The number of ether oxygens (including phenoxy) is 1. The molecule has 2 N–H and O–H groups in total. The Morgan fingerprint density at radius 1 is 1.11 bits per heavy atom. The van der Waals surface area contributed by atoms with Crippen molar-refractivity contribution in [2.75, 3.05) is 6.61 Å². The molecule has 1 atom stereocenters.